The fraction of sp³-hybridized carbons (Fsp3) is 0.200. The number of hydrogen-bond acceptors (Lipinski definition) is 1. The van der Waals surface area contributed by atoms with Crippen LogP contribution in [-0.4, -0.2) is 0 Å². The molecule has 0 amide bonds. The van der Waals surface area contributed by atoms with Crippen LogP contribution in [0.2, 0.25) is 0 Å². The first-order valence-electron chi connectivity index (χ1n) is 7.81. The summed E-state index contributed by atoms with van der Waals surface area (Å²) in [7, 11) is 0. The summed E-state index contributed by atoms with van der Waals surface area (Å²) < 4.78 is 5.65. The highest BCUT2D eigenvalue weighted by Gasteiger charge is 2.23. The monoisotopic (exact) mass is 270 g/mol. The first kappa shape index (κ1) is 10.4. The second-order valence-electron chi connectivity index (χ2n) is 6.44. The van der Waals surface area contributed by atoms with Gasteiger partial charge in [0.1, 0.15) is 0 Å². The van der Waals surface area contributed by atoms with Crippen LogP contribution in [0, 0.1) is 0 Å². The topological polar surface area (TPSA) is 13.1 Å². The van der Waals surface area contributed by atoms with Gasteiger partial charge in [-0.1, -0.05) is 24.3 Å². The summed E-state index contributed by atoms with van der Waals surface area (Å²) in [6.07, 6.45) is 7.33. The van der Waals surface area contributed by atoms with Crippen LogP contribution in [0.25, 0.3) is 38.3 Å². The van der Waals surface area contributed by atoms with E-state index < -0.39 is 0 Å². The van der Waals surface area contributed by atoms with Crippen LogP contribution in [-0.2, 0) is 6.42 Å². The van der Waals surface area contributed by atoms with Crippen LogP contribution < -0.4 is 5.22 Å². The molecule has 100 valence electrons. The zero-order valence-electron chi connectivity index (χ0n) is 11.7. The lowest BCUT2D eigenvalue weighted by molar-refractivity contribution is 0.760. The van der Waals surface area contributed by atoms with Crippen molar-refractivity contribution in [3.8, 4) is 0 Å². The Kier molecular flexibility index (Phi) is 1.64. The van der Waals surface area contributed by atoms with Gasteiger partial charge in [-0.05, 0) is 70.5 Å². The lowest BCUT2D eigenvalue weighted by atomic mass is 9.80. The lowest BCUT2D eigenvalue weighted by Gasteiger charge is -2.24. The summed E-state index contributed by atoms with van der Waals surface area (Å²) in [4.78, 5) is 0. The molecule has 3 aromatic carbocycles. The maximum atomic E-state index is 5.65. The quantitative estimate of drug-likeness (QED) is 0.451. The van der Waals surface area contributed by atoms with Crippen LogP contribution in [0.1, 0.15) is 24.8 Å². The third-order valence-corrected chi connectivity index (χ3v) is 5.32. The second-order valence-corrected chi connectivity index (χ2v) is 6.44. The van der Waals surface area contributed by atoms with Gasteiger partial charge in [-0.25, -0.2) is 0 Å². The Hall–Kier alpha value is -2.28. The van der Waals surface area contributed by atoms with E-state index in [9.17, 15) is 0 Å². The third-order valence-electron chi connectivity index (χ3n) is 5.32. The van der Waals surface area contributed by atoms with E-state index in [2.05, 4.69) is 36.4 Å². The molecule has 0 atom stereocenters. The fourth-order valence-electron chi connectivity index (χ4n) is 4.34. The minimum absolute atomic E-state index is 1.06. The fourth-order valence-corrected chi connectivity index (χ4v) is 4.34. The Morgan fingerprint density at radius 2 is 2.00 bits per heavy atom. The van der Waals surface area contributed by atoms with E-state index in [1.165, 1.54) is 51.6 Å². The lowest BCUT2D eigenvalue weighted by Crippen LogP contribution is -2.18. The van der Waals surface area contributed by atoms with Gasteiger partial charge in [0.25, 0.3) is 0 Å². The normalized spacial score (nSPS) is 17.9. The van der Waals surface area contributed by atoms with E-state index in [0.29, 0.717) is 0 Å². The van der Waals surface area contributed by atoms with Gasteiger partial charge < -0.3 is 4.42 Å². The van der Waals surface area contributed by atoms with Crippen LogP contribution in [0.4, 0.5) is 0 Å². The zero-order chi connectivity index (χ0) is 13.6. The van der Waals surface area contributed by atoms with Crippen molar-refractivity contribution in [3.63, 3.8) is 0 Å². The second kappa shape index (κ2) is 3.30. The summed E-state index contributed by atoms with van der Waals surface area (Å²) in [5.41, 5.74) is 6.81. The average molecular weight is 270 g/mol. The molecule has 0 unspecified atom stereocenters. The Bertz CT molecular complexity index is 1120. The minimum Gasteiger partial charge on any atom is -0.449 e. The van der Waals surface area contributed by atoms with Crippen LogP contribution in [0.3, 0.4) is 0 Å². The summed E-state index contributed by atoms with van der Waals surface area (Å²) in [5.74, 6) is 0. The van der Waals surface area contributed by atoms with E-state index in [-0.39, 0.29) is 0 Å². The largest absolute Gasteiger partial charge is 0.449 e. The number of fused-ring (bicyclic) bond motifs is 3. The first-order chi connectivity index (χ1) is 10.4. The molecule has 21 heavy (non-hydrogen) atoms. The molecule has 6 rings (SSSR count). The molecule has 0 bridgehead atoms. The van der Waals surface area contributed by atoms with Gasteiger partial charge in [0.2, 0.25) is 0 Å². The maximum Gasteiger partial charge on any atom is 0.178 e. The highest BCUT2D eigenvalue weighted by Crippen LogP contribution is 2.41. The van der Waals surface area contributed by atoms with Crippen molar-refractivity contribution in [3.05, 3.63) is 52.8 Å². The van der Waals surface area contributed by atoms with Crippen LogP contribution >= 0.6 is 0 Å². The molecule has 1 nitrogen and oxygen atoms in total. The standard InChI is InChI=1S/C20H14O/c1-2-4-14-11(3-1)9-12-5-6-13-10-17-20(21-17)16-8-7-15(14)18(12)19(13)16/h3,5-8,10H,1-2,4,9H2. The molecule has 4 aromatic rings. The molecule has 0 saturated carbocycles. The molecular weight excluding hydrogens is 256 g/mol. The van der Waals surface area contributed by atoms with Gasteiger partial charge >= 0.3 is 0 Å². The molecule has 2 aliphatic rings. The molecule has 0 radical (unpaired) electrons. The predicted molar refractivity (Wildman–Crippen MR) is 86.7 cm³/mol. The third kappa shape index (κ3) is 1.19. The molecule has 1 heterocycles. The number of benzene rings is 3. The van der Waals surface area contributed by atoms with Gasteiger partial charge in [0, 0.05) is 10.8 Å². The van der Waals surface area contributed by atoms with Crippen molar-refractivity contribution < 1.29 is 4.42 Å². The smallest absolute Gasteiger partial charge is 0.178 e. The van der Waals surface area contributed by atoms with Crippen molar-refractivity contribution in [2.75, 3.05) is 0 Å². The van der Waals surface area contributed by atoms with Gasteiger partial charge in [0.05, 0.1) is 0 Å². The van der Waals surface area contributed by atoms with Crippen molar-refractivity contribution in [1.29, 1.82) is 0 Å². The molecule has 1 heteroatoms. The average Bonchev–Trinajstić information content (AvgIpc) is 3.31. The van der Waals surface area contributed by atoms with E-state index in [4.69, 9.17) is 4.42 Å². The molecule has 1 aromatic heterocycles. The summed E-state index contributed by atoms with van der Waals surface area (Å²) >= 11 is 0. The summed E-state index contributed by atoms with van der Waals surface area (Å²) in [5, 5.41) is 6.99. The maximum absolute atomic E-state index is 5.65. The summed E-state index contributed by atoms with van der Waals surface area (Å²) in [6, 6.07) is 11.4. The Labute approximate surface area is 121 Å². The van der Waals surface area contributed by atoms with Crippen LogP contribution in [0.15, 0.2) is 46.4 Å². The Morgan fingerprint density at radius 3 is 3.00 bits per heavy atom. The Morgan fingerprint density at radius 1 is 1.00 bits per heavy atom. The summed E-state index contributed by atoms with van der Waals surface area (Å²) in [6.45, 7) is 0. The van der Waals surface area contributed by atoms with Gasteiger partial charge in [0.15, 0.2) is 11.2 Å². The molecule has 0 N–H and O–H groups in total. The minimum atomic E-state index is 1.06. The van der Waals surface area contributed by atoms with Crippen molar-refractivity contribution in [1.82, 2.24) is 0 Å². The van der Waals surface area contributed by atoms with Gasteiger partial charge in [-0.3, -0.25) is 0 Å². The molecule has 0 spiro atoms. The van der Waals surface area contributed by atoms with Gasteiger partial charge in [-0.15, -0.1) is 0 Å². The van der Waals surface area contributed by atoms with Crippen molar-refractivity contribution >= 4 is 38.3 Å². The van der Waals surface area contributed by atoms with E-state index in [1.807, 2.05) is 0 Å². The zero-order valence-corrected chi connectivity index (χ0v) is 11.7. The van der Waals surface area contributed by atoms with E-state index in [0.717, 1.165) is 17.6 Å². The Balaban J connectivity index is 1.96. The number of allylic oxidation sites excluding steroid dienone is 2. The number of rotatable bonds is 0. The number of hydrogen-bond donors (Lipinski definition) is 0. The van der Waals surface area contributed by atoms with Crippen molar-refractivity contribution in [2.45, 2.75) is 25.7 Å². The molecule has 0 fully saturated rings. The van der Waals surface area contributed by atoms with E-state index in [1.54, 1.807) is 11.1 Å². The predicted octanol–water partition coefficient (Wildman–Crippen LogP) is 4.71. The highest BCUT2D eigenvalue weighted by molar-refractivity contribution is 6.22. The van der Waals surface area contributed by atoms with E-state index >= 15 is 0 Å². The van der Waals surface area contributed by atoms with Gasteiger partial charge in [-0.2, -0.15) is 0 Å². The highest BCUT2D eigenvalue weighted by atomic mass is 16.4. The SMILES string of the molecule is C1=C2Cc3ccc4cc5oc5c5ccc(c3c45)=C2CCC1. The molecule has 0 aliphatic heterocycles. The molecule has 2 aliphatic carbocycles. The van der Waals surface area contributed by atoms with Crippen molar-refractivity contribution in [2.24, 2.45) is 0 Å². The first-order valence-corrected chi connectivity index (χ1v) is 7.81. The molecular formula is C20H14O. The van der Waals surface area contributed by atoms with Crippen LogP contribution in [0.5, 0.6) is 0 Å². The molecule has 0 saturated heterocycles.